The number of methoxy groups -OCH3 is 1. The van der Waals surface area contributed by atoms with Crippen molar-refractivity contribution in [3.8, 4) is 18.1 Å². The second-order valence-corrected chi connectivity index (χ2v) is 5.47. The molecular weight excluding hydrogens is 282 g/mol. The SMILES string of the molecule is C#CCC(N)C(=O)Nc1cc(S(N)(=O)=O)ccc1OC. The van der Waals surface area contributed by atoms with Crippen LogP contribution in [0.25, 0.3) is 0 Å². The Balaban J connectivity index is 3.10. The number of hydrogen-bond acceptors (Lipinski definition) is 5. The van der Waals surface area contributed by atoms with Gasteiger partial charge in [0.1, 0.15) is 5.75 Å². The van der Waals surface area contributed by atoms with Crippen LogP contribution in [-0.2, 0) is 14.8 Å². The van der Waals surface area contributed by atoms with Gasteiger partial charge in [-0.05, 0) is 18.2 Å². The summed E-state index contributed by atoms with van der Waals surface area (Å²) in [5, 5.41) is 7.48. The fourth-order valence-electron chi connectivity index (χ4n) is 1.41. The van der Waals surface area contributed by atoms with Gasteiger partial charge in [0.2, 0.25) is 15.9 Å². The minimum Gasteiger partial charge on any atom is -0.495 e. The van der Waals surface area contributed by atoms with Crippen LogP contribution in [0.5, 0.6) is 5.75 Å². The molecule has 0 radical (unpaired) electrons. The van der Waals surface area contributed by atoms with Gasteiger partial charge in [0.25, 0.3) is 0 Å². The quantitative estimate of drug-likeness (QED) is 0.640. The Morgan fingerprint density at radius 3 is 2.70 bits per heavy atom. The molecule has 1 aromatic rings. The van der Waals surface area contributed by atoms with Gasteiger partial charge in [0.15, 0.2) is 0 Å². The lowest BCUT2D eigenvalue weighted by Crippen LogP contribution is -2.35. The largest absolute Gasteiger partial charge is 0.495 e. The lowest BCUT2D eigenvalue weighted by molar-refractivity contribution is -0.117. The lowest BCUT2D eigenvalue weighted by atomic mass is 10.2. The Hall–Kier alpha value is -2.08. The van der Waals surface area contributed by atoms with Crippen LogP contribution in [0.3, 0.4) is 0 Å². The van der Waals surface area contributed by atoms with Gasteiger partial charge in [0.05, 0.1) is 23.7 Å². The van der Waals surface area contributed by atoms with Crippen LogP contribution >= 0.6 is 0 Å². The molecule has 108 valence electrons. The first-order valence-corrected chi connectivity index (χ1v) is 7.05. The van der Waals surface area contributed by atoms with E-state index in [-0.39, 0.29) is 22.8 Å². The average molecular weight is 297 g/mol. The van der Waals surface area contributed by atoms with E-state index in [0.717, 1.165) is 0 Å². The summed E-state index contributed by atoms with van der Waals surface area (Å²) in [7, 11) is -2.51. The van der Waals surface area contributed by atoms with Crippen LogP contribution in [0.2, 0.25) is 0 Å². The van der Waals surface area contributed by atoms with E-state index >= 15 is 0 Å². The highest BCUT2D eigenvalue weighted by molar-refractivity contribution is 7.89. The van der Waals surface area contributed by atoms with Crippen molar-refractivity contribution in [2.75, 3.05) is 12.4 Å². The van der Waals surface area contributed by atoms with Gasteiger partial charge in [-0.2, -0.15) is 0 Å². The third-order valence-electron chi connectivity index (χ3n) is 2.43. The number of sulfonamides is 1. The van der Waals surface area contributed by atoms with E-state index in [1.165, 1.54) is 25.3 Å². The molecule has 0 saturated carbocycles. The first-order valence-electron chi connectivity index (χ1n) is 5.50. The number of hydrogen-bond donors (Lipinski definition) is 3. The third kappa shape index (κ3) is 3.96. The zero-order valence-corrected chi connectivity index (χ0v) is 11.6. The van der Waals surface area contributed by atoms with Gasteiger partial charge < -0.3 is 15.8 Å². The molecule has 5 N–H and O–H groups in total. The molecule has 0 bridgehead atoms. The number of primary sulfonamides is 1. The van der Waals surface area contributed by atoms with Crippen LogP contribution in [0, 0.1) is 12.3 Å². The summed E-state index contributed by atoms with van der Waals surface area (Å²) < 4.78 is 27.6. The van der Waals surface area contributed by atoms with Crippen LogP contribution in [-0.4, -0.2) is 27.5 Å². The minimum absolute atomic E-state index is 0.0586. The van der Waals surface area contributed by atoms with Crippen molar-refractivity contribution in [1.29, 1.82) is 0 Å². The Bertz CT molecular complexity index is 649. The summed E-state index contributed by atoms with van der Waals surface area (Å²) in [5.41, 5.74) is 5.70. The monoisotopic (exact) mass is 297 g/mol. The summed E-state index contributed by atoms with van der Waals surface area (Å²) in [6.07, 6.45) is 5.13. The van der Waals surface area contributed by atoms with E-state index in [1.54, 1.807) is 0 Å². The molecule has 7 nitrogen and oxygen atoms in total. The highest BCUT2D eigenvalue weighted by atomic mass is 32.2. The van der Waals surface area contributed by atoms with Crippen molar-refractivity contribution in [3.05, 3.63) is 18.2 Å². The Morgan fingerprint density at radius 2 is 2.20 bits per heavy atom. The lowest BCUT2D eigenvalue weighted by Gasteiger charge is -2.13. The first-order chi connectivity index (χ1) is 9.29. The predicted molar refractivity (Wildman–Crippen MR) is 74.4 cm³/mol. The Kier molecular flexibility index (Phi) is 5.10. The van der Waals surface area contributed by atoms with Crippen LogP contribution < -0.4 is 20.9 Å². The maximum Gasteiger partial charge on any atom is 0.242 e. The van der Waals surface area contributed by atoms with Crippen molar-refractivity contribution in [1.82, 2.24) is 0 Å². The van der Waals surface area contributed by atoms with E-state index < -0.39 is 22.0 Å². The molecular formula is C12H15N3O4S. The van der Waals surface area contributed by atoms with E-state index in [1.807, 2.05) is 0 Å². The second-order valence-electron chi connectivity index (χ2n) is 3.91. The molecule has 0 spiro atoms. The highest BCUT2D eigenvalue weighted by Gasteiger charge is 2.17. The number of amides is 1. The zero-order valence-electron chi connectivity index (χ0n) is 10.8. The number of nitrogens with one attached hydrogen (secondary N) is 1. The summed E-state index contributed by atoms with van der Waals surface area (Å²) >= 11 is 0. The number of ether oxygens (including phenoxy) is 1. The van der Waals surface area contributed by atoms with Crippen molar-refractivity contribution in [3.63, 3.8) is 0 Å². The summed E-state index contributed by atoms with van der Waals surface area (Å²) in [4.78, 5) is 11.6. The molecule has 1 amide bonds. The van der Waals surface area contributed by atoms with Crippen LogP contribution in [0.1, 0.15) is 6.42 Å². The molecule has 1 atom stereocenters. The van der Waals surface area contributed by atoms with Crippen LogP contribution in [0.4, 0.5) is 5.69 Å². The second kappa shape index (κ2) is 6.38. The summed E-state index contributed by atoms with van der Waals surface area (Å²) in [6, 6.07) is 2.94. The van der Waals surface area contributed by atoms with E-state index in [2.05, 4.69) is 11.2 Å². The Morgan fingerprint density at radius 1 is 1.55 bits per heavy atom. The standard InChI is InChI=1S/C12H15N3O4S/c1-3-4-9(13)12(16)15-10-7-8(20(14,17)18)5-6-11(10)19-2/h1,5-7,9H,4,13H2,2H3,(H,15,16)(H2,14,17,18). The average Bonchev–Trinajstić information content (AvgIpc) is 2.37. The third-order valence-corrected chi connectivity index (χ3v) is 3.34. The molecule has 8 heteroatoms. The van der Waals surface area contributed by atoms with Crippen molar-refractivity contribution < 1.29 is 17.9 Å². The number of rotatable bonds is 5. The van der Waals surface area contributed by atoms with E-state index in [0.29, 0.717) is 0 Å². The van der Waals surface area contributed by atoms with Gasteiger partial charge in [0, 0.05) is 6.42 Å². The number of terminal acetylenes is 1. The normalized spacial score (nSPS) is 12.3. The zero-order chi connectivity index (χ0) is 15.3. The molecule has 0 saturated heterocycles. The number of carbonyl (C=O) groups is 1. The number of carbonyl (C=O) groups excluding carboxylic acids is 1. The van der Waals surface area contributed by atoms with Gasteiger partial charge in [-0.25, -0.2) is 13.6 Å². The smallest absolute Gasteiger partial charge is 0.242 e. The predicted octanol–water partition coefficient (Wildman–Crippen LogP) is -0.368. The maximum absolute atomic E-state index is 11.8. The topological polar surface area (TPSA) is 125 Å². The van der Waals surface area contributed by atoms with Gasteiger partial charge in [-0.15, -0.1) is 12.3 Å². The van der Waals surface area contributed by atoms with Crippen molar-refractivity contribution >= 4 is 21.6 Å². The fourth-order valence-corrected chi connectivity index (χ4v) is 1.95. The highest BCUT2D eigenvalue weighted by Crippen LogP contribution is 2.27. The van der Waals surface area contributed by atoms with Crippen molar-refractivity contribution in [2.24, 2.45) is 10.9 Å². The molecule has 20 heavy (non-hydrogen) atoms. The molecule has 0 fully saturated rings. The molecule has 1 aromatic carbocycles. The van der Waals surface area contributed by atoms with Gasteiger partial charge in [-0.1, -0.05) is 0 Å². The molecule has 1 unspecified atom stereocenters. The Labute approximate surface area is 117 Å². The van der Waals surface area contributed by atoms with Gasteiger partial charge >= 0.3 is 0 Å². The molecule has 0 aliphatic rings. The molecule has 0 heterocycles. The van der Waals surface area contributed by atoms with Crippen LogP contribution in [0.15, 0.2) is 23.1 Å². The molecule has 0 aliphatic heterocycles. The number of benzene rings is 1. The summed E-state index contributed by atoms with van der Waals surface area (Å²) in [5.74, 6) is 1.99. The van der Waals surface area contributed by atoms with Gasteiger partial charge in [-0.3, -0.25) is 4.79 Å². The molecule has 0 aliphatic carbocycles. The first kappa shape index (κ1) is 16.0. The minimum atomic E-state index is -3.89. The fraction of sp³-hybridized carbons (Fsp3) is 0.250. The maximum atomic E-state index is 11.8. The molecule has 0 aromatic heterocycles. The summed E-state index contributed by atoms with van der Waals surface area (Å²) in [6.45, 7) is 0. The number of nitrogens with two attached hydrogens (primary N) is 2. The van der Waals surface area contributed by atoms with E-state index in [4.69, 9.17) is 22.0 Å². The molecule has 1 rings (SSSR count). The van der Waals surface area contributed by atoms with E-state index in [9.17, 15) is 13.2 Å². The number of anilines is 1. The van der Waals surface area contributed by atoms with Crippen molar-refractivity contribution in [2.45, 2.75) is 17.4 Å².